The van der Waals surface area contributed by atoms with E-state index in [2.05, 4.69) is 0 Å². The topological polar surface area (TPSA) is 54.4 Å². The SMILES string of the molecule is CC1CC=C(F)CC1=O.O=C(O)C(F)(F)F. The molecule has 0 amide bonds. The van der Waals surface area contributed by atoms with Crippen LogP contribution in [0.4, 0.5) is 17.6 Å². The van der Waals surface area contributed by atoms with Gasteiger partial charge in [0.05, 0.1) is 6.42 Å². The van der Waals surface area contributed by atoms with Crippen molar-refractivity contribution in [1.82, 2.24) is 0 Å². The normalized spacial score (nSPS) is 20.7. The minimum absolute atomic E-state index is 0.0150. The van der Waals surface area contributed by atoms with Gasteiger partial charge in [-0.3, -0.25) is 4.79 Å². The first kappa shape index (κ1) is 14.6. The number of alkyl halides is 3. The molecular weight excluding hydrogens is 232 g/mol. The van der Waals surface area contributed by atoms with Gasteiger partial charge in [0, 0.05) is 5.92 Å². The summed E-state index contributed by atoms with van der Waals surface area (Å²) in [6, 6.07) is 0. The summed E-state index contributed by atoms with van der Waals surface area (Å²) in [6.45, 7) is 1.82. The molecule has 0 saturated heterocycles. The lowest BCUT2D eigenvalue weighted by molar-refractivity contribution is -0.192. The van der Waals surface area contributed by atoms with Crippen LogP contribution in [0.25, 0.3) is 0 Å². The largest absolute Gasteiger partial charge is 0.490 e. The molecule has 92 valence electrons. The fourth-order valence-corrected chi connectivity index (χ4v) is 0.849. The Labute approximate surface area is 88.7 Å². The maximum absolute atomic E-state index is 12.2. The van der Waals surface area contributed by atoms with Crippen LogP contribution >= 0.6 is 0 Å². The first-order chi connectivity index (χ1) is 7.14. The van der Waals surface area contributed by atoms with E-state index in [1.54, 1.807) is 0 Å². The van der Waals surface area contributed by atoms with Gasteiger partial charge >= 0.3 is 12.1 Å². The molecule has 0 aromatic carbocycles. The summed E-state index contributed by atoms with van der Waals surface area (Å²) in [5.41, 5.74) is 0. The van der Waals surface area contributed by atoms with Gasteiger partial charge in [0.1, 0.15) is 11.6 Å². The Morgan fingerprint density at radius 2 is 1.94 bits per heavy atom. The third-order valence-electron chi connectivity index (χ3n) is 1.83. The molecule has 1 rings (SSSR count). The second-order valence-electron chi connectivity index (χ2n) is 3.23. The van der Waals surface area contributed by atoms with Crippen molar-refractivity contribution in [3.8, 4) is 0 Å². The number of aliphatic carboxylic acids is 1. The predicted molar refractivity (Wildman–Crippen MR) is 46.3 cm³/mol. The van der Waals surface area contributed by atoms with Gasteiger partial charge in [0.25, 0.3) is 0 Å². The van der Waals surface area contributed by atoms with Crippen LogP contribution in [0.15, 0.2) is 11.9 Å². The highest BCUT2D eigenvalue weighted by atomic mass is 19.4. The van der Waals surface area contributed by atoms with Gasteiger partial charge in [-0.1, -0.05) is 13.0 Å². The number of Topliss-reactive ketones (excluding diaryl/α,β-unsaturated/α-hetero) is 1. The maximum atomic E-state index is 12.2. The third kappa shape index (κ3) is 5.47. The highest BCUT2D eigenvalue weighted by Crippen LogP contribution is 2.19. The summed E-state index contributed by atoms with van der Waals surface area (Å²) in [5, 5.41) is 7.12. The van der Waals surface area contributed by atoms with Crippen LogP contribution < -0.4 is 0 Å². The summed E-state index contributed by atoms with van der Waals surface area (Å²) >= 11 is 0. The second-order valence-corrected chi connectivity index (χ2v) is 3.23. The van der Waals surface area contributed by atoms with Crippen LogP contribution in [0, 0.1) is 5.92 Å². The molecule has 0 aromatic heterocycles. The molecule has 1 N–H and O–H groups in total. The van der Waals surface area contributed by atoms with Gasteiger partial charge in [0.2, 0.25) is 0 Å². The Hall–Kier alpha value is -1.40. The zero-order valence-electron chi connectivity index (χ0n) is 8.34. The number of hydrogen-bond donors (Lipinski definition) is 1. The fourth-order valence-electron chi connectivity index (χ4n) is 0.849. The number of hydrogen-bond acceptors (Lipinski definition) is 2. The Morgan fingerprint density at radius 1 is 1.50 bits per heavy atom. The molecule has 1 atom stereocenters. The van der Waals surface area contributed by atoms with E-state index in [4.69, 9.17) is 9.90 Å². The van der Waals surface area contributed by atoms with Crippen LogP contribution in [-0.4, -0.2) is 23.0 Å². The summed E-state index contributed by atoms with van der Waals surface area (Å²) in [7, 11) is 0. The zero-order valence-corrected chi connectivity index (χ0v) is 8.34. The molecule has 0 heterocycles. The summed E-state index contributed by atoms with van der Waals surface area (Å²) in [4.78, 5) is 19.6. The van der Waals surface area contributed by atoms with E-state index in [1.165, 1.54) is 6.08 Å². The number of ketones is 1. The van der Waals surface area contributed by atoms with Crippen LogP contribution in [-0.2, 0) is 9.59 Å². The molecule has 0 aliphatic heterocycles. The third-order valence-corrected chi connectivity index (χ3v) is 1.83. The number of rotatable bonds is 0. The van der Waals surface area contributed by atoms with Gasteiger partial charge in [-0.25, -0.2) is 9.18 Å². The average Bonchev–Trinajstić information content (AvgIpc) is 2.11. The maximum Gasteiger partial charge on any atom is 0.490 e. The van der Waals surface area contributed by atoms with Gasteiger partial charge < -0.3 is 5.11 Å². The van der Waals surface area contributed by atoms with Crippen LogP contribution in [0.1, 0.15) is 19.8 Å². The summed E-state index contributed by atoms with van der Waals surface area (Å²) in [6.07, 6.45) is -3.00. The van der Waals surface area contributed by atoms with Crippen molar-refractivity contribution < 1.29 is 32.3 Å². The molecule has 16 heavy (non-hydrogen) atoms. The number of allylic oxidation sites excluding steroid dienone is 2. The van der Waals surface area contributed by atoms with E-state index in [0.717, 1.165) is 0 Å². The van der Waals surface area contributed by atoms with Crippen LogP contribution in [0.3, 0.4) is 0 Å². The summed E-state index contributed by atoms with van der Waals surface area (Å²) < 4.78 is 44.0. The molecule has 0 fully saturated rings. The van der Waals surface area contributed by atoms with Gasteiger partial charge in [0.15, 0.2) is 0 Å². The Balaban J connectivity index is 0.000000293. The molecule has 1 unspecified atom stereocenters. The van der Waals surface area contributed by atoms with Crippen molar-refractivity contribution in [2.24, 2.45) is 5.92 Å². The molecule has 3 nitrogen and oxygen atoms in total. The van der Waals surface area contributed by atoms with Crippen molar-refractivity contribution in [1.29, 1.82) is 0 Å². The van der Waals surface area contributed by atoms with E-state index >= 15 is 0 Å². The van der Waals surface area contributed by atoms with Crippen molar-refractivity contribution in [3.05, 3.63) is 11.9 Å². The van der Waals surface area contributed by atoms with Gasteiger partial charge in [-0.05, 0) is 6.42 Å². The first-order valence-electron chi connectivity index (χ1n) is 4.32. The quantitative estimate of drug-likeness (QED) is 0.664. The van der Waals surface area contributed by atoms with Gasteiger partial charge in [-0.2, -0.15) is 13.2 Å². The zero-order chi connectivity index (χ0) is 12.9. The van der Waals surface area contributed by atoms with E-state index in [1.807, 2.05) is 6.92 Å². The highest BCUT2D eigenvalue weighted by Gasteiger charge is 2.38. The number of carbonyl (C=O) groups excluding carboxylic acids is 1. The smallest absolute Gasteiger partial charge is 0.475 e. The standard InChI is InChI=1S/C7H9FO.C2HF3O2/c1-5-2-3-6(8)4-7(5)9;3-2(4,5)1(6)7/h3,5H,2,4H2,1H3;(H,6,7). The van der Waals surface area contributed by atoms with Crippen molar-refractivity contribution in [2.45, 2.75) is 25.9 Å². The molecule has 0 bridgehead atoms. The molecule has 0 spiro atoms. The minimum atomic E-state index is -5.08. The lowest BCUT2D eigenvalue weighted by atomic mass is 9.94. The van der Waals surface area contributed by atoms with E-state index in [0.29, 0.717) is 6.42 Å². The molecular formula is C9H10F4O3. The van der Waals surface area contributed by atoms with Crippen molar-refractivity contribution >= 4 is 11.8 Å². The Kier molecular flexibility index (Phi) is 5.13. The number of carboxylic acids is 1. The monoisotopic (exact) mass is 242 g/mol. The predicted octanol–water partition coefficient (Wildman–Crippen LogP) is 2.47. The average molecular weight is 242 g/mol. The highest BCUT2D eigenvalue weighted by molar-refractivity contribution is 5.83. The fraction of sp³-hybridized carbons (Fsp3) is 0.556. The Bertz CT molecular complexity index is 306. The molecule has 0 aromatic rings. The van der Waals surface area contributed by atoms with Crippen molar-refractivity contribution in [2.75, 3.05) is 0 Å². The number of carbonyl (C=O) groups is 2. The number of halogens is 4. The van der Waals surface area contributed by atoms with E-state index in [-0.39, 0.29) is 23.9 Å². The lowest BCUT2D eigenvalue weighted by Gasteiger charge is -2.11. The molecule has 1 aliphatic rings. The van der Waals surface area contributed by atoms with E-state index in [9.17, 15) is 22.4 Å². The van der Waals surface area contributed by atoms with Crippen LogP contribution in [0.2, 0.25) is 0 Å². The summed E-state index contributed by atoms with van der Waals surface area (Å²) in [5.74, 6) is -2.97. The molecule has 1 aliphatic carbocycles. The molecule has 7 heteroatoms. The van der Waals surface area contributed by atoms with Gasteiger partial charge in [-0.15, -0.1) is 0 Å². The van der Waals surface area contributed by atoms with Crippen molar-refractivity contribution in [3.63, 3.8) is 0 Å². The molecule has 0 radical (unpaired) electrons. The van der Waals surface area contributed by atoms with E-state index < -0.39 is 12.1 Å². The Morgan fingerprint density at radius 3 is 2.19 bits per heavy atom. The minimum Gasteiger partial charge on any atom is -0.475 e. The first-order valence-corrected chi connectivity index (χ1v) is 4.32. The lowest BCUT2D eigenvalue weighted by Crippen LogP contribution is -2.21. The molecule has 0 saturated carbocycles. The second kappa shape index (κ2) is 5.62. The number of carboxylic acid groups (broad SMARTS) is 1. The van der Waals surface area contributed by atoms with Crippen LogP contribution in [0.5, 0.6) is 0 Å².